The van der Waals surface area contributed by atoms with Gasteiger partial charge in [0.15, 0.2) is 5.65 Å². The van der Waals surface area contributed by atoms with Gasteiger partial charge in [-0.3, -0.25) is 9.48 Å². The second kappa shape index (κ2) is 7.34. The molecule has 0 atom stereocenters. The van der Waals surface area contributed by atoms with Crippen molar-refractivity contribution in [2.24, 2.45) is 7.05 Å². The highest BCUT2D eigenvalue weighted by atomic mass is 16.2. The Morgan fingerprint density at radius 1 is 1.15 bits per heavy atom. The van der Waals surface area contributed by atoms with Crippen molar-refractivity contribution in [2.45, 2.75) is 32.7 Å². The molecule has 1 aliphatic heterocycles. The molecule has 3 heterocycles. The Morgan fingerprint density at radius 3 is 2.70 bits per heavy atom. The summed E-state index contributed by atoms with van der Waals surface area (Å²) in [7, 11) is 1.86. The molecular weight excluding hydrogens is 340 g/mol. The number of aryl methyl sites for hydroxylation is 2. The van der Waals surface area contributed by atoms with E-state index in [1.165, 1.54) is 6.42 Å². The second-order valence-electron chi connectivity index (χ2n) is 7.07. The summed E-state index contributed by atoms with van der Waals surface area (Å²) >= 11 is 0. The van der Waals surface area contributed by atoms with Gasteiger partial charge in [-0.05, 0) is 37.3 Å². The molecule has 1 saturated heterocycles. The Hall–Kier alpha value is -2.96. The fraction of sp³-hybridized carbons (Fsp3) is 0.400. The number of anilines is 1. The SMILES string of the molecule is Cc1ccccc1CNC(=O)c1nc(N2CCCCC2)c2cn(C)nc2n1. The number of fused-ring (bicyclic) bond motifs is 1. The second-order valence-corrected chi connectivity index (χ2v) is 7.07. The zero-order valence-electron chi connectivity index (χ0n) is 15.8. The van der Waals surface area contributed by atoms with Crippen molar-refractivity contribution in [3.05, 3.63) is 47.4 Å². The first-order chi connectivity index (χ1) is 13.1. The van der Waals surface area contributed by atoms with E-state index in [2.05, 4.69) is 25.3 Å². The molecule has 1 fully saturated rings. The van der Waals surface area contributed by atoms with Crippen LogP contribution < -0.4 is 10.2 Å². The first-order valence-corrected chi connectivity index (χ1v) is 9.41. The van der Waals surface area contributed by atoms with Crippen LogP contribution in [0.1, 0.15) is 41.0 Å². The van der Waals surface area contributed by atoms with Gasteiger partial charge in [0.2, 0.25) is 5.82 Å². The van der Waals surface area contributed by atoms with Crippen molar-refractivity contribution in [2.75, 3.05) is 18.0 Å². The number of hydrogen-bond donors (Lipinski definition) is 1. The zero-order chi connectivity index (χ0) is 18.8. The van der Waals surface area contributed by atoms with Gasteiger partial charge >= 0.3 is 0 Å². The van der Waals surface area contributed by atoms with Gasteiger partial charge in [0.25, 0.3) is 5.91 Å². The van der Waals surface area contributed by atoms with Gasteiger partial charge in [-0.1, -0.05) is 24.3 Å². The number of amides is 1. The van der Waals surface area contributed by atoms with Crippen LogP contribution in [0.5, 0.6) is 0 Å². The highest BCUT2D eigenvalue weighted by Gasteiger charge is 2.21. The highest BCUT2D eigenvalue weighted by Crippen LogP contribution is 2.25. The van der Waals surface area contributed by atoms with E-state index < -0.39 is 0 Å². The molecule has 2 aromatic heterocycles. The molecule has 0 saturated carbocycles. The van der Waals surface area contributed by atoms with Crippen LogP contribution in [0.4, 0.5) is 5.82 Å². The number of carbonyl (C=O) groups excluding carboxylic acids is 1. The molecule has 4 rings (SSSR count). The molecule has 0 aliphatic carbocycles. The minimum absolute atomic E-state index is 0.176. The fourth-order valence-electron chi connectivity index (χ4n) is 3.51. The van der Waals surface area contributed by atoms with E-state index in [9.17, 15) is 4.79 Å². The normalized spacial score (nSPS) is 14.5. The topological polar surface area (TPSA) is 75.9 Å². The quantitative estimate of drug-likeness (QED) is 0.770. The average Bonchev–Trinajstić information content (AvgIpc) is 3.07. The maximum absolute atomic E-state index is 12.7. The van der Waals surface area contributed by atoms with Gasteiger partial charge < -0.3 is 10.2 Å². The van der Waals surface area contributed by atoms with E-state index in [4.69, 9.17) is 0 Å². The Balaban J connectivity index is 1.62. The Kier molecular flexibility index (Phi) is 4.75. The van der Waals surface area contributed by atoms with Crippen molar-refractivity contribution in [1.82, 2.24) is 25.1 Å². The summed E-state index contributed by atoms with van der Waals surface area (Å²) < 4.78 is 1.72. The number of rotatable bonds is 4. The first kappa shape index (κ1) is 17.5. The van der Waals surface area contributed by atoms with E-state index in [1.54, 1.807) is 4.68 Å². The minimum Gasteiger partial charge on any atom is -0.356 e. The van der Waals surface area contributed by atoms with Gasteiger partial charge in [-0.2, -0.15) is 5.10 Å². The van der Waals surface area contributed by atoms with Crippen molar-refractivity contribution >= 4 is 22.8 Å². The number of hydrogen-bond acceptors (Lipinski definition) is 5. The summed E-state index contributed by atoms with van der Waals surface area (Å²) in [5.41, 5.74) is 2.79. The summed E-state index contributed by atoms with van der Waals surface area (Å²) in [5.74, 6) is 0.716. The van der Waals surface area contributed by atoms with Gasteiger partial charge in [-0.15, -0.1) is 0 Å². The number of carbonyl (C=O) groups is 1. The van der Waals surface area contributed by atoms with Crippen LogP contribution in [0, 0.1) is 6.92 Å². The number of nitrogens with zero attached hydrogens (tertiary/aromatic N) is 5. The average molecular weight is 364 g/mol. The lowest BCUT2D eigenvalue weighted by atomic mass is 10.1. The lowest BCUT2D eigenvalue weighted by Crippen LogP contribution is -2.32. The smallest absolute Gasteiger partial charge is 0.289 e. The van der Waals surface area contributed by atoms with Crippen LogP contribution in [0.3, 0.4) is 0 Å². The van der Waals surface area contributed by atoms with Gasteiger partial charge in [-0.25, -0.2) is 9.97 Å². The zero-order valence-corrected chi connectivity index (χ0v) is 15.8. The van der Waals surface area contributed by atoms with Crippen LogP contribution in [0.25, 0.3) is 11.0 Å². The Labute approximate surface area is 158 Å². The fourth-order valence-corrected chi connectivity index (χ4v) is 3.51. The first-order valence-electron chi connectivity index (χ1n) is 9.41. The van der Waals surface area contributed by atoms with E-state index in [0.717, 1.165) is 48.3 Å². The third-order valence-corrected chi connectivity index (χ3v) is 5.03. The molecule has 27 heavy (non-hydrogen) atoms. The molecule has 7 heteroatoms. The lowest BCUT2D eigenvalue weighted by Gasteiger charge is -2.28. The van der Waals surface area contributed by atoms with Crippen LogP contribution in [0.2, 0.25) is 0 Å². The standard InChI is InChI=1S/C20H24N6O/c1-14-8-4-5-9-15(14)12-21-20(27)18-22-17-16(13-25(2)24-17)19(23-18)26-10-6-3-7-11-26/h4-5,8-9,13H,3,6-7,10-12H2,1-2H3,(H,21,27). The molecule has 0 spiro atoms. The predicted molar refractivity (Wildman–Crippen MR) is 105 cm³/mol. The number of aromatic nitrogens is 4. The molecule has 1 N–H and O–H groups in total. The van der Waals surface area contributed by atoms with E-state index in [-0.39, 0.29) is 11.7 Å². The van der Waals surface area contributed by atoms with Gasteiger partial charge in [0.1, 0.15) is 5.82 Å². The molecule has 1 aromatic carbocycles. The van der Waals surface area contributed by atoms with Crippen LogP contribution in [-0.4, -0.2) is 38.7 Å². The van der Waals surface area contributed by atoms with Crippen molar-refractivity contribution in [1.29, 1.82) is 0 Å². The molecule has 0 bridgehead atoms. The highest BCUT2D eigenvalue weighted by molar-refractivity contribution is 5.95. The van der Waals surface area contributed by atoms with E-state index in [0.29, 0.717) is 12.2 Å². The minimum atomic E-state index is -0.274. The van der Waals surface area contributed by atoms with Crippen molar-refractivity contribution in [3.8, 4) is 0 Å². The summed E-state index contributed by atoms with van der Waals surface area (Å²) in [5, 5.41) is 8.24. The number of piperidine rings is 1. The van der Waals surface area contributed by atoms with Crippen molar-refractivity contribution < 1.29 is 4.79 Å². The molecule has 140 valence electrons. The molecule has 0 unspecified atom stereocenters. The summed E-state index contributed by atoms with van der Waals surface area (Å²) in [4.78, 5) is 24.0. The lowest BCUT2D eigenvalue weighted by molar-refractivity contribution is 0.0941. The Bertz CT molecular complexity index is 974. The molecule has 7 nitrogen and oxygen atoms in total. The summed E-state index contributed by atoms with van der Waals surface area (Å²) in [6.07, 6.45) is 5.44. The molecule has 3 aromatic rings. The molecular formula is C20H24N6O. The summed E-state index contributed by atoms with van der Waals surface area (Å²) in [6, 6.07) is 8.01. The van der Waals surface area contributed by atoms with Crippen LogP contribution in [0.15, 0.2) is 30.5 Å². The summed E-state index contributed by atoms with van der Waals surface area (Å²) in [6.45, 7) is 4.39. The molecule has 0 radical (unpaired) electrons. The number of nitrogens with one attached hydrogen (secondary N) is 1. The maximum Gasteiger partial charge on any atom is 0.289 e. The van der Waals surface area contributed by atoms with Crippen LogP contribution >= 0.6 is 0 Å². The van der Waals surface area contributed by atoms with Gasteiger partial charge in [0, 0.05) is 32.9 Å². The molecule has 1 amide bonds. The van der Waals surface area contributed by atoms with Gasteiger partial charge in [0.05, 0.1) is 5.39 Å². The Morgan fingerprint density at radius 2 is 1.93 bits per heavy atom. The van der Waals surface area contributed by atoms with E-state index >= 15 is 0 Å². The van der Waals surface area contributed by atoms with Crippen molar-refractivity contribution in [3.63, 3.8) is 0 Å². The number of benzene rings is 1. The predicted octanol–water partition coefficient (Wildman–Crippen LogP) is 2.59. The monoisotopic (exact) mass is 364 g/mol. The van der Waals surface area contributed by atoms with Crippen LogP contribution in [-0.2, 0) is 13.6 Å². The molecule has 1 aliphatic rings. The third-order valence-electron chi connectivity index (χ3n) is 5.03. The van der Waals surface area contributed by atoms with E-state index in [1.807, 2.05) is 44.4 Å². The maximum atomic E-state index is 12.7. The largest absolute Gasteiger partial charge is 0.356 e. The third kappa shape index (κ3) is 3.63.